The molecule has 28 heavy (non-hydrogen) atoms. The molecule has 1 aliphatic carbocycles. The molecule has 0 saturated carbocycles. The van der Waals surface area contributed by atoms with Gasteiger partial charge >= 0.3 is 5.97 Å². The van der Waals surface area contributed by atoms with Crippen molar-refractivity contribution in [3.05, 3.63) is 46.0 Å². The van der Waals surface area contributed by atoms with Gasteiger partial charge in [-0.1, -0.05) is 18.2 Å². The topological polar surface area (TPSA) is 71.2 Å². The molecule has 1 aliphatic rings. The van der Waals surface area contributed by atoms with E-state index in [1.165, 1.54) is 28.0 Å². The van der Waals surface area contributed by atoms with E-state index in [2.05, 4.69) is 16.4 Å². The maximum atomic E-state index is 12.6. The summed E-state index contributed by atoms with van der Waals surface area (Å²) in [6, 6.07) is 8.08. The highest BCUT2D eigenvalue weighted by molar-refractivity contribution is 8.00. The van der Waals surface area contributed by atoms with Gasteiger partial charge in [-0.25, -0.2) is 4.79 Å². The molecule has 0 aliphatic heterocycles. The number of H-pyrrole nitrogens is 1. The first-order chi connectivity index (χ1) is 13.6. The number of esters is 1. The molecular formula is C21H22N2O3S2. The van der Waals surface area contributed by atoms with Crippen molar-refractivity contribution in [2.24, 2.45) is 0 Å². The smallest absolute Gasteiger partial charge is 0.341 e. The molecule has 0 radical (unpaired) electrons. The molecule has 0 spiro atoms. The molecule has 7 heteroatoms. The summed E-state index contributed by atoms with van der Waals surface area (Å²) in [5, 5.41) is 4.71. The minimum Gasteiger partial charge on any atom is -0.462 e. The summed E-state index contributed by atoms with van der Waals surface area (Å²) in [6.45, 7) is 4.14. The molecule has 5 nitrogen and oxygen atoms in total. The van der Waals surface area contributed by atoms with E-state index in [4.69, 9.17) is 4.74 Å². The summed E-state index contributed by atoms with van der Waals surface area (Å²) in [5.74, 6) is -0.162. The molecular weight excluding hydrogens is 392 g/mol. The number of rotatable bonds is 6. The maximum Gasteiger partial charge on any atom is 0.341 e. The Hall–Kier alpha value is -2.25. The van der Waals surface area contributed by atoms with Crippen molar-refractivity contribution in [1.29, 1.82) is 0 Å². The molecule has 0 saturated heterocycles. The van der Waals surface area contributed by atoms with Gasteiger partial charge in [-0.2, -0.15) is 0 Å². The minimum atomic E-state index is -0.336. The standard InChI is InChI=1S/C21H22N2O3S2/c1-3-26-21(25)18-14-8-6-10-16(14)28-20(18)23-17(24)11-27-19-12(2)22-15-9-5-4-7-13(15)19/h4-5,7,9,22H,3,6,8,10-11H2,1-2H3,(H,23,24). The fourth-order valence-corrected chi connectivity index (χ4v) is 5.89. The third kappa shape index (κ3) is 3.56. The molecule has 4 rings (SSSR count). The van der Waals surface area contributed by atoms with Gasteiger partial charge in [0.25, 0.3) is 0 Å². The lowest BCUT2D eigenvalue weighted by atomic mass is 10.1. The number of carbonyl (C=O) groups excluding carboxylic acids is 2. The van der Waals surface area contributed by atoms with E-state index in [1.807, 2.05) is 25.1 Å². The summed E-state index contributed by atoms with van der Waals surface area (Å²) in [7, 11) is 0. The summed E-state index contributed by atoms with van der Waals surface area (Å²) < 4.78 is 5.22. The van der Waals surface area contributed by atoms with Gasteiger partial charge in [0.15, 0.2) is 0 Å². The number of fused-ring (bicyclic) bond motifs is 2. The van der Waals surface area contributed by atoms with Crippen LogP contribution in [0.25, 0.3) is 10.9 Å². The number of benzene rings is 1. The van der Waals surface area contributed by atoms with Crippen LogP contribution in [0, 0.1) is 6.92 Å². The number of anilines is 1. The van der Waals surface area contributed by atoms with Crippen LogP contribution in [0.2, 0.25) is 0 Å². The Kier molecular flexibility index (Phi) is 5.46. The fourth-order valence-electron chi connectivity index (χ4n) is 3.65. The second kappa shape index (κ2) is 8.01. The number of thioether (sulfide) groups is 1. The molecule has 3 aromatic rings. The van der Waals surface area contributed by atoms with E-state index >= 15 is 0 Å². The molecule has 0 fully saturated rings. The summed E-state index contributed by atoms with van der Waals surface area (Å²) in [5.41, 5.74) is 3.74. The SMILES string of the molecule is CCOC(=O)c1c(NC(=O)CSc2c(C)[nH]c3ccccc23)sc2c1CCC2. The molecule has 0 bridgehead atoms. The van der Waals surface area contributed by atoms with Gasteiger partial charge in [-0.15, -0.1) is 23.1 Å². The Morgan fingerprint density at radius 2 is 2.11 bits per heavy atom. The molecule has 2 aromatic heterocycles. The quantitative estimate of drug-likeness (QED) is 0.443. The molecule has 0 unspecified atom stereocenters. The van der Waals surface area contributed by atoms with Gasteiger partial charge < -0.3 is 15.0 Å². The van der Waals surface area contributed by atoms with E-state index in [-0.39, 0.29) is 17.6 Å². The van der Waals surface area contributed by atoms with Crippen molar-refractivity contribution < 1.29 is 14.3 Å². The van der Waals surface area contributed by atoms with E-state index < -0.39 is 0 Å². The predicted molar refractivity (Wildman–Crippen MR) is 115 cm³/mol. The molecule has 146 valence electrons. The zero-order valence-electron chi connectivity index (χ0n) is 15.9. The average Bonchev–Trinajstić information content (AvgIpc) is 3.32. The van der Waals surface area contributed by atoms with Gasteiger partial charge in [0.2, 0.25) is 5.91 Å². The number of hydrogen-bond acceptors (Lipinski definition) is 5. The van der Waals surface area contributed by atoms with Crippen LogP contribution in [-0.4, -0.2) is 29.2 Å². The first-order valence-electron chi connectivity index (χ1n) is 9.40. The van der Waals surface area contributed by atoms with Crippen molar-refractivity contribution in [2.45, 2.75) is 38.0 Å². The monoisotopic (exact) mass is 414 g/mol. The van der Waals surface area contributed by atoms with E-state index in [1.54, 1.807) is 6.92 Å². The summed E-state index contributed by atoms with van der Waals surface area (Å²) in [6.07, 6.45) is 2.89. The van der Waals surface area contributed by atoms with Crippen LogP contribution in [-0.2, 0) is 22.4 Å². The highest BCUT2D eigenvalue weighted by atomic mass is 32.2. The number of nitrogens with one attached hydrogen (secondary N) is 2. The van der Waals surface area contributed by atoms with Crippen LogP contribution < -0.4 is 5.32 Å². The number of carbonyl (C=O) groups is 2. The van der Waals surface area contributed by atoms with Crippen LogP contribution in [0.4, 0.5) is 5.00 Å². The van der Waals surface area contributed by atoms with E-state index in [9.17, 15) is 9.59 Å². The van der Waals surface area contributed by atoms with Gasteiger partial charge in [-0.05, 0) is 44.7 Å². The van der Waals surface area contributed by atoms with Crippen molar-refractivity contribution in [3.8, 4) is 0 Å². The lowest BCUT2D eigenvalue weighted by Gasteiger charge is -2.08. The normalized spacial score (nSPS) is 12.9. The number of aryl methyl sites for hydroxylation is 2. The first kappa shape index (κ1) is 19.1. The largest absolute Gasteiger partial charge is 0.462 e. The van der Waals surface area contributed by atoms with Crippen LogP contribution in [0.5, 0.6) is 0 Å². The van der Waals surface area contributed by atoms with Crippen molar-refractivity contribution in [3.63, 3.8) is 0 Å². The highest BCUT2D eigenvalue weighted by Crippen LogP contribution is 2.40. The lowest BCUT2D eigenvalue weighted by Crippen LogP contribution is -2.16. The van der Waals surface area contributed by atoms with Crippen molar-refractivity contribution >= 4 is 50.9 Å². The van der Waals surface area contributed by atoms with Crippen LogP contribution in [0.1, 0.15) is 39.8 Å². The van der Waals surface area contributed by atoms with Gasteiger partial charge in [0.05, 0.1) is 17.9 Å². The lowest BCUT2D eigenvalue weighted by molar-refractivity contribution is -0.113. The number of thiophene rings is 1. The third-order valence-electron chi connectivity index (χ3n) is 4.84. The summed E-state index contributed by atoms with van der Waals surface area (Å²) in [4.78, 5) is 30.7. The molecule has 2 N–H and O–H groups in total. The number of amides is 1. The van der Waals surface area contributed by atoms with E-state index in [0.717, 1.165) is 46.3 Å². The third-order valence-corrected chi connectivity index (χ3v) is 7.26. The minimum absolute atomic E-state index is 0.111. The van der Waals surface area contributed by atoms with Gasteiger partial charge in [0.1, 0.15) is 5.00 Å². The van der Waals surface area contributed by atoms with Crippen LogP contribution >= 0.6 is 23.1 Å². The molecule has 1 amide bonds. The molecule has 2 heterocycles. The number of aromatic amines is 1. The Morgan fingerprint density at radius 1 is 1.29 bits per heavy atom. The van der Waals surface area contributed by atoms with Crippen LogP contribution in [0.3, 0.4) is 0 Å². The Balaban J connectivity index is 1.50. The Labute approximate surface area is 171 Å². The second-order valence-electron chi connectivity index (χ2n) is 6.74. The number of ether oxygens (including phenoxy) is 1. The van der Waals surface area contributed by atoms with Crippen molar-refractivity contribution in [2.75, 3.05) is 17.7 Å². The van der Waals surface area contributed by atoms with E-state index in [0.29, 0.717) is 17.2 Å². The predicted octanol–water partition coefficient (Wildman–Crippen LogP) is 4.93. The number of hydrogen-bond donors (Lipinski definition) is 2. The molecule has 1 aromatic carbocycles. The average molecular weight is 415 g/mol. The Morgan fingerprint density at radius 3 is 2.93 bits per heavy atom. The van der Waals surface area contributed by atoms with Crippen LogP contribution in [0.15, 0.2) is 29.2 Å². The first-order valence-corrected chi connectivity index (χ1v) is 11.2. The number of aromatic nitrogens is 1. The number of para-hydroxylation sites is 1. The molecule has 0 atom stereocenters. The summed E-state index contributed by atoms with van der Waals surface area (Å²) >= 11 is 3.02. The zero-order chi connectivity index (χ0) is 19.7. The van der Waals surface area contributed by atoms with Gasteiger partial charge in [0, 0.05) is 26.4 Å². The fraction of sp³-hybridized carbons (Fsp3) is 0.333. The van der Waals surface area contributed by atoms with Crippen molar-refractivity contribution in [1.82, 2.24) is 4.98 Å². The highest BCUT2D eigenvalue weighted by Gasteiger charge is 2.28. The van der Waals surface area contributed by atoms with Gasteiger partial charge in [-0.3, -0.25) is 4.79 Å². The maximum absolute atomic E-state index is 12.6. The Bertz CT molecular complexity index is 1050. The zero-order valence-corrected chi connectivity index (χ0v) is 17.5. The second-order valence-corrected chi connectivity index (χ2v) is 8.83.